The molecule has 0 unspecified atom stereocenters. The Labute approximate surface area is 155 Å². The second-order valence-electron chi connectivity index (χ2n) is 6.98. The third-order valence-corrected chi connectivity index (χ3v) is 4.40. The van der Waals surface area contributed by atoms with E-state index in [1.54, 1.807) is 24.4 Å². The number of nitrogens with two attached hydrogens (primary N) is 2. The fourth-order valence-electron chi connectivity index (χ4n) is 3.00. The van der Waals surface area contributed by atoms with Gasteiger partial charge >= 0.3 is 0 Å². The molecule has 136 valence electrons. The summed E-state index contributed by atoms with van der Waals surface area (Å²) in [5, 5.41) is 0. The molecule has 0 atom stereocenters. The Morgan fingerprint density at radius 2 is 1.78 bits per heavy atom. The molecule has 0 fully saturated rings. The molecule has 0 spiro atoms. The van der Waals surface area contributed by atoms with Crippen LogP contribution in [0.1, 0.15) is 19.4 Å². The summed E-state index contributed by atoms with van der Waals surface area (Å²) < 4.78 is 15.3. The van der Waals surface area contributed by atoms with Crippen molar-refractivity contribution in [1.29, 1.82) is 0 Å². The van der Waals surface area contributed by atoms with Crippen LogP contribution in [0.3, 0.4) is 0 Å². The average molecular weight is 362 g/mol. The average Bonchev–Trinajstić information content (AvgIpc) is 3.00. The second kappa shape index (κ2) is 6.14. The number of benzene rings is 1. The summed E-state index contributed by atoms with van der Waals surface area (Å²) in [5.74, 6) is -0.130. The van der Waals surface area contributed by atoms with Crippen molar-refractivity contribution in [1.82, 2.24) is 19.4 Å². The Morgan fingerprint density at radius 3 is 2.44 bits per heavy atom. The minimum Gasteiger partial charge on any atom is -0.368 e. The highest BCUT2D eigenvalue weighted by Crippen LogP contribution is 2.33. The molecule has 0 saturated carbocycles. The van der Waals surface area contributed by atoms with Gasteiger partial charge in [0.15, 0.2) is 0 Å². The quantitative estimate of drug-likeness (QED) is 0.583. The monoisotopic (exact) mass is 362 g/mol. The van der Waals surface area contributed by atoms with Gasteiger partial charge in [-0.15, -0.1) is 0 Å². The predicted molar refractivity (Wildman–Crippen MR) is 103 cm³/mol. The minimum atomic E-state index is -0.497. The summed E-state index contributed by atoms with van der Waals surface area (Å²) in [6.07, 6.45) is 3.51. The van der Waals surface area contributed by atoms with Crippen molar-refractivity contribution >= 4 is 11.6 Å². The van der Waals surface area contributed by atoms with Crippen LogP contribution in [0, 0.1) is 5.82 Å². The van der Waals surface area contributed by atoms with E-state index in [0.717, 1.165) is 22.5 Å². The van der Waals surface area contributed by atoms with Crippen LogP contribution in [0.2, 0.25) is 0 Å². The Bertz CT molecular complexity index is 1130. The SMILES string of the molecule is CC(C)(N)c1ccn2c(-c3ccnc(N)n3)c(-c3ccc(F)cc3)nc2c1. The van der Waals surface area contributed by atoms with Gasteiger partial charge in [0.05, 0.1) is 17.1 Å². The van der Waals surface area contributed by atoms with Gasteiger partial charge in [-0.05, 0) is 61.9 Å². The number of aromatic nitrogens is 4. The third kappa shape index (κ3) is 3.13. The molecule has 0 amide bonds. The van der Waals surface area contributed by atoms with Gasteiger partial charge in [-0.1, -0.05) is 0 Å². The van der Waals surface area contributed by atoms with Crippen molar-refractivity contribution in [3.8, 4) is 22.6 Å². The molecule has 4 aromatic rings. The standard InChI is InChI=1S/C20H19FN6/c1-20(2,23)13-8-10-27-16(11-13)26-17(12-3-5-14(21)6-4-12)18(27)15-7-9-24-19(22)25-15/h3-11H,23H2,1-2H3,(H2,22,24,25). The summed E-state index contributed by atoms with van der Waals surface area (Å²) in [6, 6.07) is 11.9. The predicted octanol–water partition coefficient (Wildman–Crippen LogP) is 3.37. The molecular weight excluding hydrogens is 343 g/mol. The number of imidazole rings is 1. The third-order valence-electron chi connectivity index (χ3n) is 4.40. The van der Waals surface area contributed by atoms with E-state index in [4.69, 9.17) is 16.5 Å². The molecule has 7 heteroatoms. The zero-order valence-corrected chi connectivity index (χ0v) is 15.0. The van der Waals surface area contributed by atoms with Gasteiger partial charge in [-0.3, -0.25) is 4.40 Å². The highest BCUT2D eigenvalue weighted by Gasteiger charge is 2.20. The van der Waals surface area contributed by atoms with Crippen molar-refractivity contribution < 1.29 is 4.39 Å². The van der Waals surface area contributed by atoms with Crippen LogP contribution in [0.15, 0.2) is 54.9 Å². The van der Waals surface area contributed by atoms with Crippen LogP contribution >= 0.6 is 0 Å². The summed E-state index contributed by atoms with van der Waals surface area (Å²) in [4.78, 5) is 13.1. The number of anilines is 1. The van der Waals surface area contributed by atoms with Gasteiger partial charge in [-0.2, -0.15) is 0 Å². The van der Waals surface area contributed by atoms with E-state index in [1.807, 2.05) is 36.6 Å². The molecule has 4 rings (SSSR count). The molecule has 3 heterocycles. The summed E-state index contributed by atoms with van der Waals surface area (Å²) in [6.45, 7) is 3.88. The van der Waals surface area contributed by atoms with Gasteiger partial charge in [0.25, 0.3) is 0 Å². The Balaban J connectivity index is 2.02. The van der Waals surface area contributed by atoms with Crippen LogP contribution in [0.4, 0.5) is 10.3 Å². The Hall–Kier alpha value is -3.32. The van der Waals surface area contributed by atoms with E-state index < -0.39 is 5.54 Å². The highest BCUT2D eigenvalue weighted by molar-refractivity contribution is 5.80. The zero-order valence-electron chi connectivity index (χ0n) is 15.0. The maximum atomic E-state index is 13.4. The van der Waals surface area contributed by atoms with E-state index >= 15 is 0 Å². The lowest BCUT2D eigenvalue weighted by Crippen LogP contribution is -2.28. The number of nitrogen functional groups attached to an aromatic ring is 1. The molecule has 0 radical (unpaired) electrons. The number of halogens is 1. The molecule has 4 N–H and O–H groups in total. The fourth-order valence-corrected chi connectivity index (χ4v) is 3.00. The number of pyridine rings is 1. The van der Waals surface area contributed by atoms with Gasteiger partial charge in [0.1, 0.15) is 11.5 Å². The summed E-state index contributed by atoms with van der Waals surface area (Å²) in [5.41, 5.74) is 16.0. The number of nitrogens with zero attached hydrogens (tertiary/aromatic N) is 4. The van der Waals surface area contributed by atoms with E-state index in [2.05, 4.69) is 9.97 Å². The van der Waals surface area contributed by atoms with Crippen LogP contribution in [0.25, 0.3) is 28.3 Å². The van der Waals surface area contributed by atoms with Gasteiger partial charge < -0.3 is 11.5 Å². The van der Waals surface area contributed by atoms with Crippen molar-refractivity contribution in [3.63, 3.8) is 0 Å². The largest absolute Gasteiger partial charge is 0.368 e. The topological polar surface area (TPSA) is 95.1 Å². The van der Waals surface area contributed by atoms with Gasteiger partial charge in [0.2, 0.25) is 5.95 Å². The number of rotatable bonds is 3. The maximum absolute atomic E-state index is 13.4. The van der Waals surface area contributed by atoms with Crippen molar-refractivity contribution in [2.75, 3.05) is 5.73 Å². The minimum absolute atomic E-state index is 0.173. The number of fused-ring (bicyclic) bond motifs is 1. The molecule has 27 heavy (non-hydrogen) atoms. The molecule has 1 aromatic carbocycles. The lowest BCUT2D eigenvalue weighted by Gasteiger charge is -2.19. The Morgan fingerprint density at radius 1 is 1.04 bits per heavy atom. The maximum Gasteiger partial charge on any atom is 0.220 e. The van der Waals surface area contributed by atoms with Crippen molar-refractivity contribution in [3.05, 3.63) is 66.2 Å². The van der Waals surface area contributed by atoms with E-state index in [-0.39, 0.29) is 11.8 Å². The lowest BCUT2D eigenvalue weighted by molar-refractivity contribution is 0.554. The van der Waals surface area contributed by atoms with Crippen LogP contribution < -0.4 is 11.5 Å². The first kappa shape index (κ1) is 17.1. The molecular formula is C20H19FN6. The lowest BCUT2D eigenvalue weighted by atomic mass is 9.97. The van der Waals surface area contributed by atoms with E-state index in [9.17, 15) is 4.39 Å². The first-order valence-electron chi connectivity index (χ1n) is 8.49. The van der Waals surface area contributed by atoms with Crippen molar-refractivity contribution in [2.45, 2.75) is 19.4 Å². The Kier molecular flexibility index (Phi) is 3.89. The fraction of sp³-hybridized carbons (Fsp3) is 0.150. The van der Waals surface area contributed by atoms with Crippen LogP contribution in [0.5, 0.6) is 0 Å². The molecule has 0 aliphatic carbocycles. The second-order valence-corrected chi connectivity index (χ2v) is 6.98. The normalized spacial score (nSPS) is 11.9. The highest BCUT2D eigenvalue weighted by atomic mass is 19.1. The number of hydrogen-bond acceptors (Lipinski definition) is 5. The summed E-state index contributed by atoms with van der Waals surface area (Å²) >= 11 is 0. The molecule has 3 aromatic heterocycles. The molecule has 0 aliphatic heterocycles. The van der Waals surface area contributed by atoms with E-state index in [0.29, 0.717) is 11.4 Å². The molecule has 0 bridgehead atoms. The molecule has 0 aliphatic rings. The smallest absolute Gasteiger partial charge is 0.220 e. The van der Waals surface area contributed by atoms with E-state index in [1.165, 1.54) is 12.1 Å². The summed E-state index contributed by atoms with van der Waals surface area (Å²) in [7, 11) is 0. The van der Waals surface area contributed by atoms with Crippen LogP contribution in [-0.4, -0.2) is 19.4 Å². The molecule has 6 nitrogen and oxygen atoms in total. The molecule has 0 saturated heterocycles. The van der Waals surface area contributed by atoms with Gasteiger partial charge in [0, 0.05) is 23.5 Å². The zero-order chi connectivity index (χ0) is 19.2. The van der Waals surface area contributed by atoms with Crippen molar-refractivity contribution in [2.24, 2.45) is 5.73 Å². The first-order chi connectivity index (χ1) is 12.8. The first-order valence-corrected chi connectivity index (χ1v) is 8.49. The van der Waals surface area contributed by atoms with Crippen LogP contribution in [-0.2, 0) is 5.54 Å². The van der Waals surface area contributed by atoms with Gasteiger partial charge in [-0.25, -0.2) is 19.3 Å². The number of hydrogen-bond donors (Lipinski definition) is 2.